The smallest absolute Gasteiger partial charge is 0.304 e. The number of phenolic OH excluding ortho intramolecular Hbond substituents is 1. The number of aliphatic carboxylic acids is 1. The van der Waals surface area contributed by atoms with Crippen molar-refractivity contribution < 1.29 is 15.0 Å². The van der Waals surface area contributed by atoms with Crippen LogP contribution in [0.4, 0.5) is 0 Å². The topological polar surface area (TPSA) is 60.8 Å². The third-order valence-corrected chi connectivity index (χ3v) is 4.15. The van der Waals surface area contributed by atoms with E-state index in [1.165, 1.54) is 0 Å². The molecule has 0 aliphatic carbocycles. The molecule has 2 unspecified atom stereocenters. The summed E-state index contributed by atoms with van der Waals surface area (Å²) in [5.74, 6) is -0.452. The van der Waals surface area contributed by atoms with Crippen molar-refractivity contribution >= 4 is 5.97 Å². The Morgan fingerprint density at radius 3 is 2.65 bits per heavy atom. The van der Waals surface area contributed by atoms with Crippen molar-refractivity contribution in [1.82, 2.24) is 4.90 Å². The van der Waals surface area contributed by atoms with Crippen molar-refractivity contribution in [3.05, 3.63) is 29.8 Å². The van der Waals surface area contributed by atoms with E-state index in [0.717, 1.165) is 37.8 Å². The van der Waals surface area contributed by atoms with Gasteiger partial charge >= 0.3 is 5.97 Å². The van der Waals surface area contributed by atoms with Crippen LogP contribution in [0.25, 0.3) is 0 Å². The molecule has 0 aromatic heterocycles. The van der Waals surface area contributed by atoms with Crippen LogP contribution >= 0.6 is 0 Å². The second kappa shape index (κ2) is 6.75. The minimum absolute atomic E-state index is 0.125. The number of hydrogen-bond donors (Lipinski definition) is 2. The Hall–Kier alpha value is -1.55. The average molecular weight is 277 g/mol. The zero-order chi connectivity index (χ0) is 14.5. The lowest BCUT2D eigenvalue weighted by atomic mass is 9.93. The highest BCUT2D eigenvalue weighted by Crippen LogP contribution is 2.32. The highest BCUT2D eigenvalue weighted by molar-refractivity contribution is 5.67. The SMILES string of the molecule is CCC(c1ccc(O)cc1)N1CCCCC1CC(=O)O. The number of carboxylic acid groups (broad SMARTS) is 1. The van der Waals surface area contributed by atoms with Crippen LogP contribution in [-0.2, 0) is 4.79 Å². The van der Waals surface area contributed by atoms with Gasteiger partial charge in [0.05, 0.1) is 6.42 Å². The molecule has 0 saturated carbocycles. The van der Waals surface area contributed by atoms with Gasteiger partial charge in [0.2, 0.25) is 0 Å². The summed E-state index contributed by atoms with van der Waals surface area (Å²) in [4.78, 5) is 13.4. The van der Waals surface area contributed by atoms with Gasteiger partial charge in [-0.25, -0.2) is 0 Å². The molecule has 20 heavy (non-hydrogen) atoms. The quantitative estimate of drug-likeness (QED) is 0.868. The molecule has 1 saturated heterocycles. The van der Waals surface area contributed by atoms with Crippen molar-refractivity contribution in [2.45, 2.75) is 51.1 Å². The normalized spacial score (nSPS) is 21.6. The highest BCUT2D eigenvalue weighted by atomic mass is 16.4. The summed E-state index contributed by atoms with van der Waals surface area (Å²) in [7, 11) is 0. The Kier molecular flexibility index (Phi) is 5.01. The van der Waals surface area contributed by atoms with E-state index in [4.69, 9.17) is 5.11 Å². The summed E-state index contributed by atoms with van der Waals surface area (Å²) >= 11 is 0. The first-order chi connectivity index (χ1) is 9.61. The maximum absolute atomic E-state index is 11.0. The van der Waals surface area contributed by atoms with E-state index in [0.29, 0.717) is 0 Å². The number of benzene rings is 1. The van der Waals surface area contributed by atoms with Crippen LogP contribution in [0.1, 0.15) is 50.6 Å². The fraction of sp³-hybridized carbons (Fsp3) is 0.562. The molecular formula is C16H23NO3. The largest absolute Gasteiger partial charge is 0.508 e. The molecule has 0 bridgehead atoms. The van der Waals surface area contributed by atoms with Gasteiger partial charge in [0.1, 0.15) is 5.75 Å². The Bertz CT molecular complexity index is 444. The molecular weight excluding hydrogens is 254 g/mol. The lowest BCUT2D eigenvalue weighted by molar-refractivity contribution is -0.139. The van der Waals surface area contributed by atoms with Gasteiger partial charge in [0, 0.05) is 12.1 Å². The number of hydrogen-bond acceptors (Lipinski definition) is 3. The van der Waals surface area contributed by atoms with Gasteiger partial charge in [0.25, 0.3) is 0 Å². The molecule has 1 fully saturated rings. The number of carbonyl (C=O) groups is 1. The van der Waals surface area contributed by atoms with E-state index in [-0.39, 0.29) is 24.3 Å². The second-order valence-corrected chi connectivity index (χ2v) is 5.50. The summed E-state index contributed by atoms with van der Waals surface area (Å²) in [6.45, 7) is 3.08. The maximum Gasteiger partial charge on any atom is 0.304 e. The molecule has 110 valence electrons. The fourth-order valence-electron chi connectivity index (χ4n) is 3.21. The van der Waals surface area contributed by atoms with Crippen molar-refractivity contribution in [3.63, 3.8) is 0 Å². The third kappa shape index (κ3) is 3.51. The molecule has 0 spiro atoms. The third-order valence-electron chi connectivity index (χ3n) is 4.15. The van der Waals surface area contributed by atoms with Crippen LogP contribution in [-0.4, -0.2) is 33.7 Å². The molecule has 1 aliphatic heterocycles. The van der Waals surface area contributed by atoms with Crippen molar-refractivity contribution in [2.75, 3.05) is 6.54 Å². The minimum Gasteiger partial charge on any atom is -0.508 e. The molecule has 4 nitrogen and oxygen atoms in total. The summed E-state index contributed by atoms with van der Waals surface area (Å²) in [5, 5.41) is 18.5. The number of carboxylic acids is 1. The van der Waals surface area contributed by atoms with E-state index in [1.807, 2.05) is 12.1 Å². The van der Waals surface area contributed by atoms with Crippen molar-refractivity contribution in [2.24, 2.45) is 0 Å². The molecule has 1 aliphatic rings. The van der Waals surface area contributed by atoms with E-state index in [2.05, 4.69) is 11.8 Å². The van der Waals surface area contributed by atoms with Crippen molar-refractivity contribution in [3.8, 4) is 5.75 Å². The van der Waals surface area contributed by atoms with Crippen LogP contribution in [0.5, 0.6) is 5.75 Å². The first-order valence-corrected chi connectivity index (χ1v) is 7.38. The Labute approximate surface area is 120 Å². The maximum atomic E-state index is 11.0. The van der Waals surface area contributed by atoms with Gasteiger partial charge in [-0.15, -0.1) is 0 Å². The lowest BCUT2D eigenvalue weighted by Gasteiger charge is -2.40. The van der Waals surface area contributed by atoms with Crippen molar-refractivity contribution in [1.29, 1.82) is 0 Å². The number of phenols is 1. The molecule has 2 atom stereocenters. The van der Waals surface area contributed by atoms with Crippen LogP contribution < -0.4 is 0 Å². The van der Waals surface area contributed by atoms with Gasteiger partial charge < -0.3 is 10.2 Å². The van der Waals surface area contributed by atoms with Crippen LogP contribution in [0, 0.1) is 0 Å². The Morgan fingerprint density at radius 1 is 1.35 bits per heavy atom. The van der Waals surface area contributed by atoms with E-state index < -0.39 is 5.97 Å². The van der Waals surface area contributed by atoms with Crippen LogP contribution in [0.15, 0.2) is 24.3 Å². The van der Waals surface area contributed by atoms with Gasteiger partial charge in [-0.05, 0) is 43.5 Å². The molecule has 0 radical (unpaired) electrons. The van der Waals surface area contributed by atoms with E-state index >= 15 is 0 Å². The zero-order valence-electron chi connectivity index (χ0n) is 12.0. The van der Waals surface area contributed by atoms with Gasteiger partial charge in [-0.2, -0.15) is 0 Å². The molecule has 0 amide bonds. The molecule has 1 aromatic carbocycles. The molecule has 2 rings (SSSR count). The summed E-state index contributed by atoms with van der Waals surface area (Å²) < 4.78 is 0. The highest BCUT2D eigenvalue weighted by Gasteiger charge is 2.30. The molecule has 4 heteroatoms. The summed E-state index contributed by atoms with van der Waals surface area (Å²) in [6, 6.07) is 7.65. The predicted octanol–water partition coefficient (Wildman–Crippen LogP) is 3.17. The number of rotatable bonds is 5. The molecule has 2 N–H and O–H groups in total. The first kappa shape index (κ1) is 14.9. The molecule has 1 heterocycles. The van der Waals surface area contributed by atoms with Gasteiger partial charge in [0.15, 0.2) is 0 Å². The summed E-state index contributed by atoms with van der Waals surface area (Å²) in [5.41, 5.74) is 1.16. The fourth-order valence-corrected chi connectivity index (χ4v) is 3.21. The van der Waals surface area contributed by atoms with Gasteiger partial charge in [-0.3, -0.25) is 9.69 Å². The van der Waals surface area contributed by atoms with Crippen LogP contribution in [0.2, 0.25) is 0 Å². The number of likely N-dealkylation sites (tertiary alicyclic amines) is 1. The monoisotopic (exact) mass is 277 g/mol. The number of piperidine rings is 1. The Balaban J connectivity index is 2.19. The first-order valence-electron chi connectivity index (χ1n) is 7.38. The van der Waals surface area contributed by atoms with E-state index in [9.17, 15) is 9.90 Å². The van der Waals surface area contributed by atoms with E-state index in [1.54, 1.807) is 12.1 Å². The zero-order valence-corrected chi connectivity index (χ0v) is 12.0. The number of nitrogens with zero attached hydrogens (tertiary/aromatic N) is 1. The molecule has 1 aromatic rings. The summed E-state index contributed by atoms with van der Waals surface area (Å²) in [6.07, 6.45) is 4.36. The minimum atomic E-state index is -0.720. The van der Waals surface area contributed by atoms with Gasteiger partial charge in [-0.1, -0.05) is 25.5 Å². The second-order valence-electron chi connectivity index (χ2n) is 5.50. The van der Waals surface area contributed by atoms with Crippen LogP contribution in [0.3, 0.4) is 0 Å². The Morgan fingerprint density at radius 2 is 2.05 bits per heavy atom. The lowest BCUT2D eigenvalue weighted by Crippen LogP contribution is -2.43. The average Bonchev–Trinajstić information content (AvgIpc) is 2.43. The number of aromatic hydroxyl groups is 1. The standard InChI is InChI=1S/C16H23NO3/c1-2-15(12-6-8-14(18)9-7-12)17-10-4-3-5-13(17)11-16(19)20/h6-9,13,15,18H,2-5,10-11H2,1H3,(H,19,20). The predicted molar refractivity (Wildman–Crippen MR) is 77.7 cm³/mol.